The zero-order valence-corrected chi connectivity index (χ0v) is 14.8. The number of methoxy groups -OCH3 is 1. The number of piperidine rings is 1. The molecule has 2 aromatic carbocycles. The average Bonchev–Trinajstić information content (AvgIpc) is 2.66. The highest BCUT2D eigenvalue weighted by molar-refractivity contribution is 5.88. The van der Waals surface area contributed by atoms with Crippen LogP contribution in [0.25, 0.3) is 10.8 Å². The molecule has 0 saturated carbocycles. The van der Waals surface area contributed by atoms with Crippen molar-refractivity contribution in [2.75, 3.05) is 27.2 Å². The Morgan fingerprint density at radius 2 is 1.75 bits per heavy atom. The van der Waals surface area contributed by atoms with Crippen LogP contribution in [0.15, 0.2) is 36.4 Å². The molecule has 1 heterocycles. The first-order valence-corrected chi connectivity index (χ1v) is 8.70. The second-order valence-electron chi connectivity index (χ2n) is 6.57. The summed E-state index contributed by atoms with van der Waals surface area (Å²) >= 11 is 0. The van der Waals surface area contributed by atoms with Gasteiger partial charge in [-0.2, -0.15) is 0 Å². The lowest BCUT2D eigenvalue weighted by molar-refractivity contribution is -0.148. The van der Waals surface area contributed by atoms with Crippen LogP contribution in [-0.2, 0) is 4.79 Å². The number of hydrogen-bond donors (Lipinski definition) is 0. The molecule has 0 spiro atoms. The lowest BCUT2D eigenvalue weighted by Crippen LogP contribution is -2.47. The van der Waals surface area contributed by atoms with Gasteiger partial charge in [0.15, 0.2) is 0 Å². The Morgan fingerprint density at radius 1 is 1.08 bits per heavy atom. The molecule has 1 amide bonds. The summed E-state index contributed by atoms with van der Waals surface area (Å²) in [5.41, 5.74) is 1.06. The molecule has 4 nitrogen and oxygen atoms in total. The summed E-state index contributed by atoms with van der Waals surface area (Å²) in [5, 5.41) is 6.26. The predicted octanol–water partition coefficient (Wildman–Crippen LogP) is 3.81. The van der Waals surface area contributed by atoms with Crippen LogP contribution in [0.5, 0.6) is 5.75 Å². The van der Waals surface area contributed by atoms with E-state index in [2.05, 4.69) is 17.1 Å². The van der Waals surface area contributed by atoms with E-state index in [-0.39, 0.29) is 11.8 Å². The summed E-state index contributed by atoms with van der Waals surface area (Å²) in [6.07, 6.45) is 3.61. The van der Waals surface area contributed by atoms with Gasteiger partial charge in [0.1, 0.15) is 5.75 Å². The van der Waals surface area contributed by atoms with Gasteiger partial charge in [-0.05, 0) is 48.2 Å². The molecule has 24 heavy (non-hydrogen) atoms. The van der Waals surface area contributed by atoms with E-state index in [1.54, 1.807) is 7.11 Å². The van der Waals surface area contributed by atoms with Gasteiger partial charge in [-0.3, -0.25) is 9.80 Å². The Bertz CT molecular complexity index is 723. The van der Waals surface area contributed by atoms with Gasteiger partial charge >= 0.3 is 0 Å². The van der Waals surface area contributed by atoms with Crippen molar-refractivity contribution >= 4 is 16.7 Å². The summed E-state index contributed by atoms with van der Waals surface area (Å²) in [4.78, 5) is 12.8. The molecule has 2 aromatic rings. The molecule has 1 unspecified atom stereocenters. The Balaban J connectivity index is 1.79. The second-order valence-corrected chi connectivity index (χ2v) is 6.57. The van der Waals surface area contributed by atoms with E-state index in [1.807, 2.05) is 43.2 Å². The Hall–Kier alpha value is -2.07. The summed E-state index contributed by atoms with van der Waals surface area (Å²) in [6.45, 7) is 3.95. The van der Waals surface area contributed by atoms with Crippen molar-refractivity contribution < 1.29 is 9.53 Å². The van der Waals surface area contributed by atoms with E-state index in [0.717, 1.165) is 35.2 Å². The first kappa shape index (κ1) is 16.8. The third-order valence-electron chi connectivity index (χ3n) is 5.02. The zero-order valence-electron chi connectivity index (χ0n) is 14.8. The van der Waals surface area contributed by atoms with Crippen molar-refractivity contribution in [3.63, 3.8) is 0 Å². The molecule has 0 radical (unpaired) electrons. The Morgan fingerprint density at radius 3 is 2.46 bits per heavy atom. The van der Waals surface area contributed by atoms with Gasteiger partial charge in [-0.15, -0.1) is 0 Å². The third-order valence-corrected chi connectivity index (χ3v) is 5.02. The lowest BCUT2D eigenvalue weighted by Gasteiger charge is -2.36. The molecule has 3 rings (SSSR count). The molecular weight excluding hydrogens is 300 g/mol. The molecule has 1 aliphatic heterocycles. The van der Waals surface area contributed by atoms with Crippen molar-refractivity contribution in [3.05, 3.63) is 42.0 Å². The number of hydrogen-bond acceptors (Lipinski definition) is 3. The molecule has 1 fully saturated rings. The fourth-order valence-electron chi connectivity index (χ4n) is 3.38. The van der Waals surface area contributed by atoms with Gasteiger partial charge in [0.05, 0.1) is 13.0 Å². The van der Waals surface area contributed by atoms with Gasteiger partial charge in [-0.1, -0.05) is 30.7 Å². The number of rotatable bonds is 4. The number of carbonyl (C=O) groups is 1. The number of hydrazine groups is 1. The molecular formula is C20H26N2O2. The normalized spacial score (nSPS) is 16.8. The minimum Gasteiger partial charge on any atom is -0.497 e. The lowest BCUT2D eigenvalue weighted by atomic mass is 9.97. The molecule has 0 N–H and O–H groups in total. The fraction of sp³-hybridized carbons (Fsp3) is 0.450. The Kier molecular flexibility index (Phi) is 5.05. The number of amides is 1. The first-order valence-electron chi connectivity index (χ1n) is 8.70. The van der Waals surface area contributed by atoms with E-state index in [9.17, 15) is 4.79 Å². The molecule has 1 atom stereocenters. The van der Waals surface area contributed by atoms with Crippen LogP contribution in [0, 0.1) is 0 Å². The quantitative estimate of drug-likeness (QED) is 0.856. The van der Waals surface area contributed by atoms with Crippen LogP contribution < -0.4 is 4.74 Å². The summed E-state index contributed by atoms with van der Waals surface area (Å²) in [7, 11) is 3.57. The van der Waals surface area contributed by atoms with Gasteiger partial charge < -0.3 is 4.74 Å². The maximum Gasteiger partial charge on any atom is 0.243 e. The van der Waals surface area contributed by atoms with Crippen molar-refractivity contribution in [2.24, 2.45) is 0 Å². The maximum atomic E-state index is 12.8. The SMILES string of the molecule is COc1ccc2cc(C(C)C(=O)N(C)N3CCCCC3)ccc2c1. The number of fused-ring (bicyclic) bond motifs is 1. The largest absolute Gasteiger partial charge is 0.497 e. The smallest absolute Gasteiger partial charge is 0.243 e. The Labute approximate surface area is 144 Å². The van der Waals surface area contributed by atoms with Crippen molar-refractivity contribution in [1.82, 2.24) is 10.0 Å². The van der Waals surface area contributed by atoms with Crippen molar-refractivity contribution in [3.8, 4) is 5.75 Å². The summed E-state index contributed by atoms with van der Waals surface area (Å²) in [5.74, 6) is 0.859. The molecule has 0 aromatic heterocycles. The van der Waals surface area contributed by atoms with E-state index in [0.29, 0.717) is 0 Å². The third kappa shape index (κ3) is 3.39. The van der Waals surface area contributed by atoms with Crippen LogP contribution in [0.1, 0.15) is 37.7 Å². The topological polar surface area (TPSA) is 32.8 Å². The maximum absolute atomic E-state index is 12.8. The van der Waals surface area contributed by atoms with Gasteiger partial charge in [0, 0.05) is 20.1 Å². The van der Waals surface area contributed by atoms with Gasteiger partial charge in [0.25, 0.3) is 0 Å². The predicted molar refractivity (Wildman–Crippen MR) is 97.1 cm³/mol. The number of benzene rings is 2. The number of ether oxygens (including phenoxy) is 1. The van der Waals surface area contributed by atoms with Gasteiger partial charge in [0.2, 0.25) is 5.91 Å². The average molecular weight is 326 g/mol. The highest BCUT2D eigenvalue weighted by atomic mass is 16.5. The number of carbonyl (C=O) groups excluding carboxylic acids is 1. The molecule has 1 saturated heterocycles. The highest BCUT2D eigenvalue weighted by Gasteiger charge is 2.24. The summed E-state index contributed by atoms with van der Waals surface area (Å²) in [6, 6.07) is 12.3. The molecule has 128 valence electrons. The van der Waals surface area contributed by atoms with Crippen LogP contribution in [0.4, 0.5) is 0 Å². The van der Waals surface area contributed by atoms with Crippen molar-refractivity contribution in [1.29, 1.82) is 0 Å². The van der Waals surface area contributed by atoms with Crippen LogP contribution in [0.2, 0.25) is 0 Å². The van der Waals surface area contributed by atoms with Crippen LogP contribution in [-0.4, -0.2) is 43.2 Å². The monoisotopic (exact) mass is 326 g/mol. The molecule has 4 heteroatoms. The van der Waals surface area contributed by atoms with E-state index >= 15 is 0 Å². The second kappa shape index (κ2) is 7.22. The van der Waals surface area contributed by atoms with E-state index in [4.69, 9.17) is 4.74 Å². The zero-order chi connectivity index (χ0) is 17.1. The molecule has 0 aliphatic carbocycles. The first-order chi connectivity index (χ1) is 11.6. The highest BCUT2D eigenvalue weighted by Crippen LogP contribution is 2.26. The van der Waals surface area contributed by atoms with Crippen LogP contribution in [0.3, 0.4) is 0 Å². The fourth-order valence-corrected chi connectivity index (χ4v) is 3.38. The standard InChI is InChI=1S/C20H26N2O2/c1-15(20(23)21(2)22-11-5-4-6-12-22)16-7-8-18-14-19(24-3)10-9-17(18)13-16/h7-10,13-15H,4-6,11-12H2,1-3H3. The minimum absolute atomic E-state index is 0.150. The number of nitrogens with zero attached hydrogens (tertiary/aromatic N) is 2. The number of likely N-dealkylation sites (N-methyl/N-ethyl adjacent to an activating group) is 1. The summed E-state index contributed by atoms with van der Waals surface area (Å²) < 4.78 is 5.27. The molecule has 1 aliphatic rings. The van der Waals surface area contributed by atoms with E-state index in [1.165, 1.54) is 19.3 Å². The van der Waals surface area contributed by atoms with Crippen LogP contribution >= 0.6 is 0 Å². The van der Waals surface area contributed by atoms with E-state index < -0.39 is 0 Å². The van der Waals surface area contributed by atoms with Crippen molar-refractivity contribution in [2.45, 2.75) is 32.1 Å². The minimum atomic E-state index is -0.150. The molecule has 0 bridgehead atoms. The van der Waals surface area contributed by atoms with Gasteiger partial charge in [-0.25, -0.2) is 5.01 Å².